The van der Waals surface area contributed by atoms with E-state index in [0.29, 0.717) is 47.3 Å². The highest BCUT2D eigenvalue weighted by atomic mass is 35.5. The molecule has 0 saturated heterocycles. The summed E-state index contributed by atoms with van der Waals surface area (Å²) in [5.74, 6) is 2.87. The first kappa shape index (κ1) is 25.7. The molecule has 1 unspecified atom stereocenters. The minimum absolute atomic E-state index is 0.121. The quantitative estimate of drug-likeness (QED) is 0.320. The molecule has 1 N–H and O–H groups in total. The Labute approximate surface area is 226 Å². The maximum absolute atomic E-state index is 13.5. The fraction of sp³-hybridized carbons (Fsp3) is 0.393. The Morgan fingerprint density at radius 1 is 1.14 bits per heavy atom. The second-order valence-corrected chi connectivity index (χ2v) is 11.6. The second kappa shape index (κ2) is 10.4. The molecule has 1 aromatic heterocycles. The molecule has 5 rings (SSSR count). The summed E-state index contributed by atoms with van der Waals surface area (Å²) in [5.41, 5.74) is 3.35. The summed E-state index contributed by atoms with van der Waals surface area (Å²) in [5, 5.41) is 9.54. The number of nitrogens with one attached hydrogen (secondary N) is 1. The molecule has 0 amide bonds. The summed E-state index contributed by atoms with van der Waals surface area (Å²) in [6.45, 7) is 9.06. The number of fused-ring (bicyclic) bond motifs is 1. The molecule has 0 saturated carbocycles. The molecule has 0 radical (unpaired) electrons. The lowest BCUT2D eigenvalue weighted by atomic mass is 9.73. The number of carbonyl (C=O) groups is 1. The Kier molecular flexibility index (Phi) is 7.23. The van der Waals surface area contributed by atoms with Crippen molar-refractivity contribution in [2.45, 2.75) is 58.3 Å². The number of carbonyl (C=O) groups excluding carboxylic acids is 1. The average Bonchev–Trinajstić information content (AvgIpc) is 3.24. The number of ketones is 1. The van der Waals surface area contributed by atoms with Crippen LogP contribution in [0, 0.1) is 5.41 Å². The molecule has 2 aromatic carbocycles. The van der Waals surface area contributed by atoms with Crippen LogP contribution in [0.1, 0.15) is 57.7 Å². The topological polar surface area (TPSA) is 78.3 Å². The van der Waals surface area contributed by atoms with Crippen LogP contribution in [-0.2, 0) is 11.4 Å². The van der Waals surface area contributed by atoms with Crippen LogP contribution in [0.2, 0.25) is 5.02 Å². The summed E-state index contributed by atoms with van der Waals surface area (Å²) in [7, 11) is 0. The first-order chi connectivity index (χ1) is 17.8. The van der Waals surface area contributed by atoms with Crippen LogP contribution in [0.3, 0.4) is 0 Å². The maximum atomic E-state index is 13.5. The van der Waals surface area contributed by atoms with Gasteiger partial charge < -0.3 is 14.8 Å². The molecule has 2 aliphatic rings. The SMILES string of the molecule is CCOc1cc(C2C3=C(CC(C)(C)CC3=O)Nc3nc(SCC)nn32)ccc1OCc1ccccc1Cl. The number of hydrogen-bond donors (Lipinski definition) is 1. The van der Waals surface area contributed by atoms with Gasteiger partial charge in [-0.15, -0.1) is 5.10 Å². The van der Waals surface area contributed by atoms with E-state index in [1.165, 1.54) is 0 Å². The standard InChI is InChI=1S/C28H31ClN4O3S/c1-5-35-23-13-17(11-12-22(23)36-16-18-9-7-8-10-19(18)29)25-24-20(14-28(3,4)15-21(24)34)30-26-31-27(37-6-2)32-33(25)26/h7-13,25H,5-6,14-16H2,1-4H3,(H,30,31,32). The number of rotatable bonds is 8. The number of allylic oxidation sites excluding steroid dienone is 2. The fourth-order valence-corrected chi connectivity index (χ4v) is 5.69. The molecule has 1 aliphatic heterocycles. The number of aromatic nitrogens is 3. The lowest BCUT2D eigenvalue weighted by Crippen LogP contribution is -2.36. The number of halogens is 1. The van der Waals surface area contributed by atoms with Crippen molar-refractivity contribution in [2.75, 3.05) is 17.7 Å². The van der Waals surface area contributed by atoms with Crippen LogP contribution in [-0.4, -0.2) is 32.9 Å². The number of Topliss-reactive ketones (excluding diaryl/α,β-unsaturated/α-hetero) is 1. The summed E-state index contributed by atoms with van der Waals surface area (Å²) >= 11 is 7.89. The van der Waals surface area contributed by atoms with E-state index < -0.39 is 6.04 Å². The third-order valence-electron chi connectivity index (χ3n) is 6.51. The minimum Gasteiger partial charge on any atom is -0.490 e. The maximum Gasteiger partial charge on any atom is 0.227 e. The first-order valence-corrected chi connectivity index (χ1v) is 13.9. The van der Waals surface area contributed by atoms with Crippen LogP contribution in [0.5, 0.6) is 11.5 Å². The van der Waals surface area contributed by atoms with Crippen LogP contribution >= 0.6 is 23.4 Å². The molecule has 2 heterocycles. The molecule has 7 nitrogen and oxygen atoms in total. The summed E-state index contributed by atoms with van der Waals surface area (Å²) in [6, 6.07) is 13.0. The molecule has 9 heteroatoms. The molecule has 0 spiro atoms. The zero-order valence-electron chi connectivity index (χ0n) is 21.5. The summed E-state index contributed by atoms with van der Waals surface area (Å²) < 4.78 is 13.9. The normalized spacial score (nSPS) is 18.2. The van der Waals surface area contributed by atoms with E-state index in [9.17, 15) is 4.79 Å². The van der Waals surface area contributed by atoms with Gasteiger partial charge in [-0.2, -0.15) is 4.98 Å². The van der Waals surface area contributed by atoms with Crippen molar-refractivity contribution in [3.8, 4) is 11.5 Å². The Hall–Kier alpha value is -2.97. The highest BCUT2D eigenvalue weighted by molar-refractivity contribution is 7.99. The van der Waals surface area contributed by atoms with Gasteiger partial charge in [-0.3, -0.25) is 4.79 Å². The molecule has 1 atom stereocenters. The van der Waals surface area contributed by atoms with E-state index in [2.05, 4.69) is 26.1 Å². The van der Waals surface area contributed by atoms with Crippen molar-refractivity contribution in [3.05, 3.63) is 69.9 Å². The fourth-order valence-electron chi connectivity index (χ4n) is 4.94. The molecular weight excluding hydrogens is 508 g/mol. The Morgan fingerprint density at radius 2 is 1.95 bits per heavy atom. The van der Waals surface area contributed by atoms with Gasteiger partial charge in [0.25, 0.3) is 0 Å². The van der Waals surface area contributed by atoms with E-state index >= 15 is 0 Å². The predicted octanol–water partition coefficient (Wildman–Crippen LogP) is 6.68. The van der Waals surface area contributed by atoms with Crippen molar-refractivity contribution < 1.29 is 14.3 Å². The van der Waals surface area contributed by atoms with E-state index in [1.807, 2.05) is 54.1 Å². The molecule has 0 bridgehead atoms. The third kappa shape index (κ3) is 5.22. The number of nitrogens with zero attached hydrogens (tertiary/aromatic N) is 3. The minimum atomic E-state index is -0.398. The Bertz CT molecular complexity index is 1370. The lowest BCUT2D eigenvalue weighted by molar-refractivity contribution is -0.118. The zero-order valence-corrected chi connectivity index (χ0v) is 23.1. The van der Waals surface area contributed by atoms with Gasteiger partial charge >= 0.3 is 0 Å². The molecule has 3 aromatic rings. The van der Waals surface area contributed by atoms with Gasteiger partial charge in [0.05, 0.1) is 6.61 Å². The lowest BCUT2D eigenvalue weighted by Gasteiger charge is -2.38. The van der Waals surface area contributed by atoms with Gasteiger partial charge in [0, 0.05) is 28.3 Å². The van der Waals surface area contributed by atoms with Crippen LogP contribution < -0.4 is 14.8 Å². The highest BCUT2D eigenvalue weighted by Crippen LogP contribution is 2.46. The molecule has 1 aliphatic carbocycles. The monoisotopic (exact) mass is 538 g/mol. The van der Waals surface area contributed by atoms with Crippen molar-refractivity contribution in [3.63, 3.8) is 0 Å². The van der Waals surface area contributed by atoms with Gasteiger partial charge in [0.2, 0.25) is 11.1 Å². The number of ether oxygens (including phenoxy) is 2. The van der Waals surface area contributed by atoms with Gasteiger partial charge in [-0.1, -0.05) is 68.4 Å². The number of hydrogen-bond acceptors (Lipinski definition) is 7. The molecule has 194 valence electrons. The smallest absolute Gasteiger partial charge is 0.227 e. The largest absolute Gasteiger partial charge is 0.490 e. The van der Waals surface area contributed by atoms with E-state index in [0.717, 1.165) is 34.6 Å². The van der Waals surface area contributed by atoms with Crippen molar-refractivity contribution in [1.82, 2.24) is 14.8 Å². The van der Waals surface area contributed by atoms with Crippen molar-refractivity contribution >= 4 is 35.1 Å². The van der Waals surface area contributed by atoms with E-state index in [4.69, 9.17) is 31.2 Å². The van der Waals surface area contributed by atoms with Crippen LogP contribution in [0.25, 0.3) is 0 Å². The van der Waals surface area contributed by atoms with E-state index in [-0.39, 0.29) is 11.2 Å². The molecule has 0 fully saturated rings. The number of thioether (sulfide) groups is 1. The van der Waals surface area contributed by atoms with Gasteiger partial charge in [0.15, 0.2) is 17.3 Å². The first-order valence-electron chi connectivity index (χ1n) is 12.5. The second-order valence-electron chi connectivity index (χ2n) is 9.98. The molecular formula is C28H31ClN4O3S. The predicted molar refractivity (Wildman–Crippen MR) is 147 cm³/mol. The Morgan fingerprint density at radius 3 is 2.70 bits per heavy atom. The van der Waals surface area contributed by atoms with Gasteiger partial charge in [-0.05, 0) is 48.3 Å². The van der Waals surface area contributed by atoms with Gasteiger partial charge in [-0.25, -0.2) is 4.68 Å². The summed E-state index contributed by atoms with van der Waals surface area (Å²) in [4.78, 5) is 18.2. The van der Waals surface area contributed by atoms with Crippen molar-refractivity contribution in [2.24, 2.45) is 5.41 Å². The number of anilines is 1. The zero-order chi connectivity index (χ0) is 26.2. The van der Waals surface area contributed by atoms with E-state index in [1.54, 1.807) is 11.8 Å². The van der Waals surface area contributed by atoms with Gasteiger partial charge in [0.1, 0.15) is 12.6 Å². The van der Waals surface area contributed by atoms with Crippen LogP contribution in [0.4, 0.5) is 5.95 Å². The van der Waals surface area contributed by atoms with Crippen molar-refractivity contribution in [1.29, 1.82) is 0 Å². The number of benzene rings is 2. The average molecular weight is 539 g/mol. The highest BCUT2D eigenvalue weighted by Gasteiger charge is 2.42. The summed E-state index contributed by atoms with van der Waals surface area (Å²) in [6.07, 6.45) is 1.26. The molecule has 37 heavy (non-hydrogen) atoms. The van der Waals surface area contributed by atoms with Crippen LogP contribution in [0.15, 0.2) is 58.9 Å². The third-order valence-corrected chi connectivity index (χ3v) is 7.60. The Balaban J connectivity index is 1.55.